The number of hydrogen-bond donors (Lipinski definition) is 1. The zero-order valence-corrected chi connectivity index (χ0v) is 18.4. The topological polar surface area (TPSA) is 72.3 Å². The van der Waals surface area contributed by atoms with Crippen LogP contribution in [0.5, 0.6) is 0 Å². The maximum Gasteiger partial charge on any atom is 0.343 e. The number of likely N-dealkylation sites (tertiary alicyclic amines) is 1. The predicted octanol–water partition coefficient (Wildman–Crippen LogP) is 3.25. The Labute approximate surface area is 184 Å². The largest absolute Gasteiger partial charge is 0.454 e. The molecule has 2 aliphatic rings. The summed E-state index contributed by atoms with van der Waals surface area (Å²) >= 11 is 0. The lowest BCUT2D eigenvalue weighted by molar-refractivity contribution is -0.916. The lowest BCUT2D eigenvalue weighted by Crippen LogP contribution is -2.56. The van der Waals surface area contributed by atoms with E-state index in [9.17, 15) is 9.90 Å². The van der Waals surface area contributed by atoms with E-state index >= 15 is 0 Å². The number of quaternary nitrogens is 1. The molecule has 0 amide bonds. The van der Waals surface area contributed by atoms with Gasteiger partial charge in [0.1, 0.15) is 6.54 Å². The second-order valence-corrected chi connectivity index (χ2v) is 9.48. The molecule has 1 aliphatic carbocycles. The molecule has 166 valence electrons. The number of benzene rings is 1. The van der Waals surface area contributed by atoms with E-state index in [0.29, 0.717) is 5.56 Å². The molecule has 6 heteroatoms. The van der Waals surface area contributed by atoms with Crippen LogP contribution in [0.3, 0.4) is 0 Å². The second-order valence-electron chi connectivity index (χ2n) is 9.48. The maximum absolute atomic E-state index is 13.4. The molecule has 2 unspecified atom stereocenters. The minimum Gasteiger partial charge on any atom is -0.454 e. The first-order valence-electron chi connectivity index (χ1n) is 11.6. The summed E-state index contributed by atoms with van der Waals surface area (Å²) < 4.78 is 6.87. The number of piperidine rings is 1. The van der Waals surface area contributed by atoms with E-state index in [-0.39, 0.29) is 12.0 Å². The Kier molecular flexibility index (Phi) is 6.68. The summed E-state index contributed by atoms with van der Waals surface area (Å²) in [6.45, 7) is 2.75. The number of carbonyl (C=O) groups excluding carboxylic acids is 1. The summed E-state index contributed by atoms with van der Waals surface area (Å²) in [6.07, 6.45) is 11.6. The molecule has 1 saturated heterocycles. The van der Waals surface area contributed by atoms with E-state index in [4.69, 9.17) is 4.74 Å². The van der Waals surface area contributed by atoms with E-state index in [2.05, 4.69) is 17.0 Å². The standard InChI is InChI=1S/C25H34N3O3/c1-28(17-13-22-18-26-14-15-27-22)16-7-12-23(19-28)31-24(29)25(30,21-10-5-6-11-21)20-8-3-2-4-9-20/h2-4,8-9,14-15,18,21,23,30H,5-7,10-13,16-17,19H2,1H3/q+1/t23?,25-,28?/m0/s1. The molecular formula is C25H34N3O3+. The number of carbonyl (C=O) groups is 1. The molecule has 6 nitrogen and oxygen atoms in total. The van der Waals surface area contributed by atoms with Gasteiger partial charge >= 0.3 is 5.97 Å². The number of aromatic nitrogens is 2. The van der Waals surface area contributed by atoms with Gasteiger partial charge in [0.05, 0.1) is 25.8 Å². The highest BCUT2D eigenvalue weighted by atomic mass is 16.6. The summed E-state index contributed by atoms with van der Waals surface area (Å²) in [4.78, 5) is 21.9. The molecule has 31 heavy (non-hydrogen) atoms. The average Bonchev–Trinajstić information content (AvgIpc) is 3.34. The number of esters is 1. The number of likely N-dealkylation sites (N-methyl/N-ethyl adjacent to an activating group) is 1. The van der Waals surface area contributed by atoms with Gasteiger partial charge in [-0.2, -0.15) is 0 Å². The van der Waals surface area contributed by atoms with Crippen molar-refractivity contribution in [2.24, 2.45) is 5.92 Å². The van der Waals surface area contributed by atoms with E-state index in [1.807, 2.05) is 36.5 Å². The second kappa shape index (κ2) is 9.45. The first-order valence-corrected chi connectivity index (χ1v) is 11.6. The number of aliphatic hydroxyl groups is 1. The van der Waals surface area contributed by atoms with Crippen LogP contribution >= 0.6 is 0 Å². The normalized spacial score (nSPS) is 26.3. The first-order chi connectivity index (χ1) is 15.0. The lowest BCUT2D eigenvalue weighted by atomic mass is 9.80. The van der Waals surface area contributed by atoms with Crippen molar-refractivity contribution in [1.29, 1.82) is 0 Å². The Balaban J connectivity index is 1.44. The highest BCUT2D eigenvalue weighted by Crippen LogP contribution is 2.42. The predicted molar refractivity (Wildman–Crippen MR) is 118 cm³/mol. The fraction of sp³-hybridized carbons (Fsp3) is 0.560. The summed E-state index contributed by atoms with van der Waals surface area (Å²) in [5, 5.41) is 11.7. The minimum atomic E-state index is -1.56. The van der Waals surface area contributed by atoms with Gasteiger partial charge in [0.2, 0.25) is 0 Å². The molecule has 1 aliphatic heterocycles. The van der Waals surface area contributed by atoms with Crippen LogP contribution in [0.25, 0.3) is 0 Å². The van der Waals surface area contributed by atoms with Crippen LogP contribution < -0.4 is 0 Å². The molecule has 3 atom stereocenters. The van der Waals surface area contributed by atoms with Gasteiger partial charge in [-0.15, -0.1) is 0 Å². The molecule has 1 saturated carbocycles. The molecule has 1 aromatic carbocycles. The Morgan fingerprint density at radius 3 is 2.65 bits per heavy atom. The highest BCUT2D eigenvalue weighted by molar-refractivity contribution is 5.81. The molecular weight excluding hydrogens is 390 g/mol. The summed E-state index contributed by atoms with van der Waals surface area (Å²) in [5.41, 5.74) is 0.0846. The van der Waals surface area contributed by atoms with E-state index in [1.165, 1.54) is 0 Å². The first kappa shape index (κ1) is 21.9. The molecule has 2 heterocycles. The van der Waals surface area contributed by atoms with Gasteiger partial charge in [-0.05, 0) is 24.8 Å². The Hall–Kier alpha value is -2.31. The molecule has 1 N–H and O–H groups in total. The van der Waals surface area contributed by atoms with E-state index in [1.54, 1.807) is 12.4 Å². The lowest BCUT2D eigenvalue weighted by Gasteiger charge is -2.42. The molecule has 0 radical (unpaired) electrons. The van der Waals surface area contributed by atoms with Crippen LogP contribution in [0.4, 0.5) is 0 Å². The third-order valence-corrected chi connectivity index (χ3v) is 7.14. The number of nitrogens with zero attached hydrogens (tertiary/aromatic N) is 3. The summed E-state index contributed by atoms with van der Waals surface area (Å²) in [6, 6.07) is 9.36. The maximum atomic E-state index is 13.4. The number of hydrogen-bond acceptors (Lipinski definition) is 5. The van der Waals surface area contributed by atoms with Crippen LogP contribution in [0.1, 0.15) is 49.8 Å². The van der Waals surface area contributed by atoms with E-state index in [0.717, 1.165) is 74.8 Å². The minimum absolute atomic E-state index is 0.0801. The number of ether oxygens (including phenoxy) is 1. The van der Waals surface area contributed by atoms with Crippen molar-refractivity contribution in [2.45, 2.75) is 56.7 Å². The van der Waals surface area contributed by atoms with Gasteiger partial charge in [0, 0.05) is 37.4 Å². The smallest absolute Gasteiger partial charge is 0.343 e. The molecule has 2 fully saturated rings. The van der Waals surface area contributed by atoms with Gasteiger partial charge < -0.3 is 14.3 Å². The number of rotatable bonds is 7. The Morgan fingerprint density at radius 2 is 1.94 bits per heavy atom. The van der Waals surface area contributed by atoms with Crippen molar-refractivity contribution in [3.63, 3.8) is 0 Å². The third kappa shape index (κ3) is 4.96. The monoisotopic (exact) mass is 424 g/mol. The van der Waals surface area contributed by atoms with Gasteiger partial charge in [0.25, 0.3) is 0 Å². The molecule has 0 spiro atoms. The van der Waals surface area contributed by atoms with Crippen molar-refractivity contribution in [3.05, 3.63) is 60.2 Å². The van der Waals surface area contributed by atoms with Gasteiger partial charge in [0.15, 0.2) is 11.7 Å². The fourth-order valence-electron chi connectivity index (χ4n) is 5.31. The zero-order chi connectivity index (χ0) is 21.7. The van der Waals surface area contributed by atoms with Crippen LogP contribution in [0, 0.1) is 5.92 Å². The molecule has 2 aromatic rings. The molecule has 4 rings (SSSR count). The SMILES string of the molecule is C[N+]1(CCc2cnccn2)CCCC(OC(=O)[C@](O)(c2ccccc2)C2CCCC2)C1. The average molecular weight is 425 g/mol. The van der Waals surface area contributed by atoms with Crippen LogP contribution in [-0.2, 0) is 21.6 Å². The van der Waals surface area contributed by atoms with Crippen LogP contribution in [0.15, 0.2) is 48.9 Å². The van der Waals surface area contributed by atoms with Crippen molar-refractivity contribution in [2.75, 3.05) is 26.7 Å². The van der Waals surface area contributed by atoms with Gasteiger partial charge in [-0.3, -0.25) is 9.97 Å². The van der Waals surface area contributed by atoms with E-state index < -0.39 is 11.6 Å². The van der Waals surface area contributed by atoms with Crippen LogP contribution in [-0.4, -0.2) is 58.3 Å². The molecule has 0 bridgehead atoms. The van der Waals surface area contributed by atoms with Crippen molar-refractivity contribution >= 4 is 5.97 Å². The Morgan fingerprint density at radius 1 is 1.16 bits per heavy atom. The summed E-state index contributed by atoms with van der Waals surface area (Å²) in [5.74, 6) is -0.554. The van der Waals surface area contributed by atoms with Gasteiger partial charge in [-0.25, -0.2) is 4.79 Å². The van der Waals surface area contributed by atoms with Crippen molar-refractivity contribution in [1.82, 2.24) is 9.97 Å². The highest BCUT2D eigenvalue weighted by Gasteiger charge is 2.49. The Bertz CT molecular complexity index is 857. The quantitative estimate of drug-likeness (QED) is 0.546. The van der Waals surface area contributed by atoms with Crippen molar-refractivity contribution in [3.8, 4) is 0 Å². The zero-order valence-electron chi connectivity index (χ0n) is 18.4. The van der Waals surface area contributed by atoms with Crippen molar-refractivity contribution < 1.29 is 19.1 Å². The fourth-order valence-corrected chi connectivity index (χ4v) is 5.31. The third-order valence-electron chi connectivity index (χ3n) is 7.14. The molecule has 1 aromatic heterocycles. The summed E-state index contributed by atoms with van der Waals surface area (Å²) in [7, 11) is 2.22. The van der Waals surface area contributed by atoms with Crippen LogP contribution in [0.2, 0.25) is 0 Å². The van der Waals surface area contributed by atoms with Gasteiger partial charge in [-0.1, -0.05) is 43.2 Å².